The Labute approximate surface area is 173 Å². The second kappa shape index (κ2) is 8.13. The van der Waals surface area contributed by atoms with Crippen molar-refractivity contribution in [3.63, 3.8) is 0 Å². The van der Waals surface area contributed by atoms with Gasteiger partial charge in [-0.2, -0.15) is 0 Å². The van der Waals surface area contributed by atoms with E-state index in [1.54, 1.807) is 17.3 Å². The summed E-state index contributed by atoms with van der Waals surface area (Å²) in [5.74, 6) is -1.01. The molecule has 7 heteroatoms. The third-order valence-electron chi connectivity index (χ3n) is 5.27. The van der Waals surface area contributed by atoms with Crippen LogP contribution in [0, 0.1) is 19.8 Å². The molecular weight excluding hydrogens is 384 g/mol. The molecule has 2 aromatic heterocycles. The number of anilines is 1. The molecule has 1 saturated heterocycles. The van der Waals surface area contributed by atoms with Gasteiger partial charge >= 0.3 is 0 Å². The highest BCUT2D eigenvalue weighted by Gasteiger charge is 2.37. The van der Waals surface area contributed by atoms with Gasteiger partial charge in [0.25, 0.3) is 0 Å². The molecule has 3 heterocycles. The largest absolute Gasteiger partial charge is 0.349 e. The molecule has 1 unspecified atom stereocenters. The second-order valence-electron chi connectivity index (χ2n) is 7.18. The van der Waals surface area contributed by atoms with E-state index in [2.05, 4.69) is 15.3 Å². The Morgan fingerprint density at radius 3 is 2.76 bits per heavy atom. The van der Waals surface area contributed by atoms with Crippen LogP contribution in [0.4, 0.5) is 5.69 Å². The van der Waals surface area contributed by atoms with Gasteiger partial charge in [0, 0.05) is 35.6 Å². The van der Waals surface area contributed by atoms with Crippen LogP contribution in [0.2, 0.25) is 0 Å². The van der Waals surface area contributed by atoms with Gasteiger partial charge in [0.1, 0.15) is 10.9 Å². The standard InChI is InChI=1S/C22H22N4O2S/c1-14-3-4-17(11-15(14)2)26-10-7-18(22(26)28)21(27)24-12-20-25-19(13-29-20)16-5-8-23-9-6-16/h3-6,8-9,11,13,18H,7,10,12H2,1-2H3,(H,24,27). The lowest BCUT2D eigenvalue weighted by Crippen LogP contribution is -2.36. The number of benzene rings is 1. The number of amides is 2. The van der Waals surface area contributed by atoms with Crippen molar-refractivity contribution in [1.29, 1.82) is 0 Å². The Kier molecular flexibility index (Phi) is 5.40. The number of hydrogen-bond acceptors (Lipinski definition) is 5. The number of rotatable bonds is 5. The molecule has 1 aromatic carbocycles. The molecule has 0 spiro atoms. The number of aromatic nitrogens is 2. The van der Waals surface area contributed by atoms with Gasteiger partial charge in [-0.3, -0.25) is 14.6 Å². The maximum Gasteiger partial charge on any atom is 0.239 e. The summed E-state index contributed by atoms with van der Waals surface area (Å²) >= 11 is 1.49. The molecule has 0 radical (unpaired) electrons. The molecule has 2 amide bonds. The van der Waals surface area contributed by atoms with E-state index in [0.717, 1.165) is 27.5 Å². The van der Waals surface area contributed by atoms with Crippen LogP contribution in [0.15, 0.2) is 48.1 Å². The first-order valence-electron chi connectivity index (χ1n) is 9.54. The summed E-state index contributed by atoms with van der Waals surface area (Å²) in [7, 11) is 0. The van der Waals surface area contributed by atoms with Gasteiger partial charge in [0.15, 0.2) is 0 Å². The van der Waals surface area contributed by atoms with Crippen LogP contribution in [-0.4, -0.2) is 28.3 Å². The minimum Gasteiger partial charge on any atom is -0.349 e. The fraction of sp³-hybridized carbons (Fsp3) is 0.273. The van der Waals surface area contributed by atoms with Crippen molar-refractivity contribution < 1.29 is 9.59 Å². The fourth-order valence-corrected chi connectivity index (χ4v) is 4.15. The smallest absolute Gasteiger partial charge is 0.239 e. The Bertz CT molecular complexity index is 1050. The van der Waals surface area contributed by atoms with Crippen LogP contribution in [0.5, 0.6) is 0 Å². The number of aryl methyl sites for hydroxylation is 2. The minimum absolute atomic E-state index is 0.137. The molecule has 1 aliphatic heterocycles. The van der Waals surface area contributed by atoms with Gasteiger partial charge in [-0.05, 0) is 55.7 Å². The summed E-state index contributed by atoms with van der Waals surface area (Å²) in [6, 6.07) is 9.75. The van der Waals surface area contributed by atoms with Crippen LogP contribution >= 0.6 is 11.3 Å². The number of carbonyl (C=O) groups excluding carboxylic acids is 2. The normalized spacial score (nSPS) is 16.3. The van der Waals surface area contributed by atoms with Crippen molar-refractivity contribution in [2.75, 3.05) is 11.4 Å². The second-order valence-corrected chi connectivity index (χ2v) is 8.12. The van der Waals surface area contributed by atoms with Gasteiger partial charge in [0.05, 0.1) is 12.2 Å². The maximum absolute atomic E-state index is 12.8. The summed E-state index contributed by atoms with van der Waals surface area (Å²) in [5, 5.41) is 5.64. The average Bonchev–Trinajstić information content (AvgIpc) is 3.36. The average molecular weight is 407 g/mol. The van der Waals surface area contributed by atoms with E-state index in [-0.39, 0.29) is 11.8 Å². The Hall–Kier alpha value is -3.06. The third-order valence-corrected chi connectivity index (χ3v) is 6.11. The van der Waals surface area contributed by atoms with Crippen molar-refractivity contribution >= 4 is 28.8 Å². The highest BCUT2D eigenvalue weighted by molar-refractivity contribution is 7.09. The summed E-state index contributed by atoms with van der Waals surface area (Å²) < 4.78 is 0. The van der Waals surface area contributed by atoms with Gasteiger partial charge < -0.3 is 10.2 Å². The van der Waals surface area contributed by atoms with Crippen molar-refractivity contribution in [3.05, 3.63) is 64.2 Å². The molecule has 4 rings (SSSR count). The Morgan fingerprint density at radius 2 is 2.00 bits per heavy atom. The zero-order valence-electron chi connectivity index (χ0n) is 16.4. The number of carbonyl (C=O) groups is 2. The molecule has 1 aliphatic rings. The lowest BCUT2D eigenvalue weighted by Gasteiger charge is -2.18. The number of pyridine rings is 1. The fourth-order valence-electron chi connectivity index (χ4n) is 3.41. The van der Waals surface area contributed by atoms with E-state index < -0.39 is 5.92 Å². The van der Waals surface area contributed by atoms with Crippen molar-refractivity contribution in [3.8, 4) is 11.3 Å². The lowest BCUT2D eigenvalue weighted by atomic mass is 10.1. The van der Waals surface area contributed by atoms with E-state index in [9.17, 15) is 9.59 Å². The highest BCUT2D eigenvalue weighted by Crippen LogP contribution is 2.27. The first kappa shape index (κ1) is 19.3. The van der Waals surface area contributed by atoms with E-state index in [4.69, 9.17) is 0 Å². The first-order chi connectivity index (χ1) is 14.0. The summed E-state index contributed by atoms with van der Waals surface area (Å²) in [6.45, 7) is 4.95. The quantitative estimate of drug-likeness (QED) is 0.658. The van der Waals surface area contributed by atoms with Crippen molar-refractivity contribution in [1.82, 2.24) is 15.3 Å². The summed E-state index contributed by atoms with van der Waals surface area (Å²) in [5.41, 5.74) is 5.03. The molecule has 0 bridgehead atoms. The number of nitrogens with zero attached hydrogens (tertiary/aromatic N) is 3. The van der Waals surface area contributed by atoms with Crippen LogP contribution in [0.1, 0.15) is 22.6 Å². The molecule has 1 atom stereocenters. The molecule has 1 fully saturated rings. The van der Waals surface area contributed by atoms with E-state index in [1.165, 1.54) is 16.9 Å². The van der Waals surface area contributed by atoms with Gasteiger partial charge in [-0.15, -0.1) is 11.3 Å². The molecule has 29 heavy (non-hydrogen) atoms. The third kappa shape index (κ3) is 4.05. The number of hydrogen-bond donors (Lipinski definition) is 1. The zero-order chi connectivity index (χ0) is 20.4. The predicted octanol–water partition coefficient (Wildman–Crippen LogP) is 3.49. The van der Waals surface area contributed by atoms with E-state index in [0.29, 0.717) is 19.5 Å². The Balaban J connectivity index is 1.37. The molecule has 0 saturated carbocycles. The molecule has 1 N–H and O–H groups in total. The van der Waals surface area contributed by atoms with Crippen LogP contribution < -0.4 is 10.2 Å². The van der Waals surface area contributed by atoms with Crippen molar-refractivity contribution in [2.45, 2.75) is 26.8 Å². The zero-order valence-corrected chi connectivity index (χ0v) is 17.2. The minimum atomic E-state index is -0.642. The molecular formula is C22H22N4O2S. The van der Waals surface area contributed by atoms with Gasteiger partial charge in [-0.25, -0.2) is 4.98 Å². The first-order valence-corrected chi connectivity index (χ1v) is 10.4. The van der Waals surface area contributed by atoms with Gasteiger partial charge in [-0.1, -0.05) is 6.07 Å². The summed E-state index contributed by atoms with van der Waals surface area (Å²) in [4.78, 5) is 35.7. The number of nitrogens with one attached hydrogen (secondary N) is 1. The van der Waals surface area contributed by atoms with E-state index >= 15 is 0 Å². The topological polar surface area (TPSA) is 75.2 Å². The Morgan fingerprint density at radius 1 is 1.21 bits per heavy atom. The van der Waals surface area contributed by atoms with E-state index in [1.807, 2.05) is 49.6 Å². The maximum atomic E-state index is 12.8. The van der Waals surface area contributed by atoms with Crippen LogP contribution in [0.25, 0.3) is 11.3 Å². The van der Waals surface area contributed by atoms with Crippen LogP contribution in [0.3, 0.4) is 0 Å². The van der Waals surface area contributed by atoms with Crippen LogP contribution in [-0.2, 0) is 16.1 Å². The molecule has 0 aliphatic carbocycles. The monoisotopic (exact) mass is 406 g/mol. The van der Waals surface area contributed by atoms with Crippen molar-refractivity contribution in [2.24, 2.45) is 5.92 Å². The summed E-state index contributed by atoms with van der Waals surface area (Å²) in [6.07, 6.45) is 3.98. The SMILES string of the molecule is Cc1ccc(N2CCC(C(=O)NCc3nc(-c4ccncc4)cs3)C2=O)cc1C. The lowest BCUT2D eigenvalue weighted by molar-refractivity contribution is -0.132. The molecule has 148 valence electrons. The molecule has 6 nitrogen and oxygen atoms in total. The predicted molar refractivity (Wildman–Crippen MR) is 114 cm³/mol. The highest BCUT2D eigenvalue weighted by atomic mass is 32.1. The van der Waals surface area contributed by atoms with Gasteiger partial charge in [0.2, 0.25) is 11.8 Å². The molecule has 3 aromatic rings. The number of thiazole rings is 1.